The zero-order valence-corrected chi connectivity index (χ0v) is 12.0. The Morgan fingerprint density at radius 3 is 2.65 bits per heavy atom. The summed E-state index contributed by atoms with van der Waals surface area (Å²) in [6, 6.07) is 10.0. The van der Waals surface area contributed by atoms with E-state index in [4.69, 9.17) is 4.74 Å². The number of hydrogen-bond acceptors (Lipinski definition) is 2. The van der Waals surface area contributed by atoms with Crippen molar-refractivity contribution in [2.45, 2.75) is 20.5 Å². The van der Waals surface area contributed by atoms with Crippen LogP contribution in [0, 0.1) is 23.7 Å². The van der Waals surface area contributed by atoms with Crippen LogP contribution in [0.2, 0.25) is 0 Å². The molecule has 108 valence electrons. The molecule has 0 saturated heterocycles. The van der Waals surface area contributed by atoms with Crippen LogP contribution in [-0.2, 0) is 16.1 Å². The minimum Gasteiger partial charge on any atom is -0.481 e. The third-order valence-corrected chi connectivity index (χ3v) is 4.20. The summed E-state index contributed by atoms with van der Waals surface area (Å²) in [7, 11) is 0. The molecular weight excluding hydrogens is 252 g/mol. The monoisotopic (exact) mass is 274 g/mol. The number of hydrogen-bond donors (Lipinski definition) is 1. The van der Waals surface area contributed by atoms with Gasteiger partial charge in [0.05, 0.1) is 19.1 Å². The SMILES string of the molecule is CC(C(=O)O)C1C=CC(C)[C@H]1COCc1ccccc1. The lowest BCUT2D eigenvalue weighted by molar-refractivity contribution is -0.143. The summed E-state index contributed by atoms with van der Waals surface area (Å²) >= 11 is 0. The van der Waals surface area contributed by atoms with Gasteiger partial charge in [-0.25, -0.2) is 0 Å². The maximum atomic E-state index is 11.2. The first kappa shape index (κ1) is 14.8. The summed E-state index contributed by atoms with van der Waals surface area (Å²) in [5.41, 5.74) is 1.15. The summed E-state index contributed by atoms with van der Waals surface area (Å²) in [6.45, 7) is 5.09. The van der Waals surface area contributed by atoms with Crippen LogP contribution >= 0.6 is 0 Å². The second-order valence-electron chi connectivity index (χ2n) is 5.61. The minimum absolute atomic E-state index is 0.0678. The molecule has 2 rings (SSSR count). The second-order valence-corrected chi connectivity index (χ2v) is 5.61. The van der Waals surface area contributed by atoms with Crippen LogP contribution in [0.1, 0.15) is 19.4 Å². The quantitative estimate of drug-likeness (QED) is 0.809. The maximum absolute atomic E-state index is 11.2. The van der Waals surface area contributed by atoms with Gasteiger partial charge in [0, 0.05) is 0 Å². The Morgan fingerprint density at radius 1 is 1.30 bits per heavy atom. The molecule has 1 aromatic rings. The van der Waals surface area contributed by atoms with Crippen molar-refractivity contribution in [1.29, 1.82) is 0 Å². The first-order valence-corrected chi connectivity index (χ1v) is 7.12. The molecule has 1 aromatic carbocycles. The standard InChI is InChI=1S/C17H22O3/c1-12-8-9-15(13(2)17(18)19)16(12)11-20-10-14-6-4-3-5-7-14/h3-9,12-13,15-16H,10-11H2,1-2H3,(H,18,19)/t12?,13?,15?,16-/m1/s1. The topological polar surface area (TPSA) is 46.5 Å². The van der Waals surface area contributed by atoms with E-state index in [9.17, 15) is 9.90 Å². The number of carbonyl (C=O) groups is 1. The van der Waals surface area contributed by atoms with Gasteiger partial charge in [-0.3, -0.25) is 4.79 Å². The Balaban J connectivity index is 1.89. The molecule has 3 unspecified atom stereocenters. The van der Waals surface area contributed by atoms with Crippen molar-refractivity contribution in [3.8, 4) is 0 Å². The van der Waals surface area contributed by atoms with Crippen LogP contribution in [0.15, 0.2) is 42.5 Å². The first-order chi connectivity index (χ1) is 9.59. The number of carboxylic acid groups (broad SMARTS) is 1. The van der Waals surface area contributed by atoms with Crippen molar-refractivity contribution in [1.82, 2.24) is 0 Å². The van der Waals surface area contributed by atoms with Gasteiger partial charge >= 0.3 is 5.97 Å². The lowest BCUT2D eigenvalue weighted by Gasteiger charge is -2.25. The van der Waals surface area contributed by atoms with Gasteiger partial charge in [-0.2, -0.15) is 0 Å². The lowest BCUT2D eigenvalue weighted by Crippen LogP contribution is -2.29. The van der Waals surface area contributed by atoms with E-state index in [1.807, 2.05) is 36.4 Å². The van der Waals surface area contributed by atoms with E-state index < -0.39 is 5.97 Å². The molecule has 1 aliphatic rings. The number of carboxylic acids is 1. The summed E-state index contributed by atoms with van der Waals surface area (Å²) < 4.78 is 5.80. The summed E-state index contributed by atoms with van der Waals surface area (Å²) in [6.07, 6.45) is 4.15. The summed E-state index contributed by atoms with van der Waals surface area (Å²) in [5, 5.41) is 9.18. The largest absolute Gasteiger partial charge is 0.481 e. The molecule has 1 aliphatic carbocycles. The number of benzene rings is 1. The number of aliphatic carboxylic acids is 1. The van der Waals surface area contributed by atoms with Crippen LogP contribution in [0.25, 0.3) is 0 Å². The van der Waals surface area contributed by atoms with E-state index in [-0.39, 0.29) is 17.8 Å². The van der Waals surface area contributed by atoms with Crippen LogP contribution in [-0.4, -0.2) is 17.7 Å². The van der Waals surface area contributed by atoms with E-state index in [0.29, 0.717) is 19.1 Å². The number of allylic oxidation sites excluding steroid dienone is 2. The van der Waals surface area contributed by atoms with Gasteiger partial charge in [-0.15, -0.1) is 0 Å². The highest BCUT2D eigenvalue weighted by atomic mass is 16.5. The molecule has 0 radical (unpaired) electrons. The number of rotatable bonds is 6. The van der Waals surface area contributed by atoms with E-state index in [1.54, 1.807) is 6.92 Å². The summed E-state index contributed by atoms with van der Waals surface area (Å²) in [4.78, 5) is 11.2. The smallest absolute Gasteiger partial charge is 0.306 e. The average molecular weight is 274 g/mol. The van der Waals surface area contributed by atoms with Crippen molar-refractivity contribution in [2.24, 2.45) is 23.7 Å². The molecule has 0 spiro atoms. The molecule has 0 heterocycles. The fourth-order valence-electron chi connectivity index (χ4n) is 2.79. The van der Waals surface area contributed by atoms with Crippen molar-refractivity contribution in [2.75, 3.05) is 6.61 Å². The van der Waals surface area contributed by atoms with Gasteiger partial charge in [-0.1, -0.05) is 56.3 Å². The third kappa shape index (κ3) is 3.48. The Morgan fingerprint density at radius 2 is 2.00 bits per heavy atom. The molecule has 0 bridgehead atoms. The molecule has 0 saturated carbocycles. The van der Waals surface area contributed by atoms with Crippen molar-refractivity contribution >= 4 is 5.97 Å². The zero-order valence-electron chi connectivity index (χ0n) is 12.0. The molecule has 0 fully saturated rings. The lowest BCUT2D eigenvalue weighted by atomic mass is 9.82. The van der Waals surface area contributed by atoms with Gasteiger partial charge < -0.3 is 9.84 Å². The van der Waals surface area contributed by atoms with Gasteiger partial charge in [0.15, 0.2) is 0 Å². The van der Waals surface area contributed by atoms with E-state index in [1.165, 1.54) is 0 Å². The zero-order chi connectivity index (χ0) is 14.5. The molecule has 3 heteroatoms. The third-order valence-electron chi connectivity index (χ3n) is 4.20. The highest BCUT2D eigenvalue weighted by Crippen LogP contribution is 2.36. The Hall–Kier alpha value is -1.61. The minimum atomic E-state index is -0.734. The Bertz CT molecular complexity index is 466. The van der Waals surface area contributed by atoms with Gasteiger partial charge in [-0.05, 0) is 23.3 Å². The van der Waals surface area contributed by atoms with Crippen molar-refractivity contribution in [3.05, 3.63) is 48.0 Å². The fraction of sp³-hybridized carbons (Fsp3) is 0.471. The molecule has 0 amide bonds. The Labute approximate surface area is 120 Å². The molecule has 0 aromatic heterocycles. The van der Waals surface area contributed by atoms with Crippen LogP contribution in [0.4, 0.5) is 0 Å². The van der Waals surface area contributed by atoms with Gasteiger partial charge in [0.25, 0.3) is 0 Å². The van der Waals surface area contributed by atoms with E-state index in [0.717, 1.165) is 5.56 Å². The fourth-order valence-corrected chi connectivity index (χ4v) is 2.79. The van der Waals surface area contributed by atoms with Crippen LogP contribution in [0.5, 0.6) is 0 Å². The molecule has 0 aliphatic heterocycles. The van der Waals surface area contributed by atoms with Crippen LogP contribution < -0.4 is 0 Å². The average Bonchev–Trinajstić information content (AvgIpc) is 2.80. The molecule has 3 nitrogen and oxygen atoms in total. The summed E-state index contributed by atoms with van der Waals surface area (Å²) in [5.74, 6) is -0.399. The van der Waals surface area contributed by atoms with E-state index in [2.05, 4.69) is 13.0 Å². The van der Waals surface area contributed by atoms with Crippen LogP contribution in [0.3, 0.4) is 0 Å². The Kier molecular flexibility index (Phi) is 4.96. The van der Waals surface area contributed by atoms with Gasteiger partial charge in [0.2, 0.25) is 0 Å². The van der Waals surface area contributed by atoms with Crippen molar-refractivity contribution < 1.29 is 14.6 Å². The highest BCUT2D eigenvalue weighted by molar-refractivity contribution is 5.70. The normalized spacial score (nSPS) is 26.6. The predicted octanol–water partition coefficient (Wildman–Crippen LogP) is 3.36. The highest BCUT2D eigenvalue weighted by Gasteiger charge is 2.35. The predicted molar refractivity (Wildman–Crippen MR) is 78.2 cm³/mol. The number of ether oxygens (including phenoxy) is 1. The van der Waals surface area contributed by atoms with E-state index >= 15 is 0 Å². The molecule has 1 N–H and O–H groups in total. The molecule has 4 atom stereocenters. The molecule has 20 heavy (non-hydrogen) atoms. The molecular formula is C17H22O3. The second kappa shape index (κ2) is 6.71. The first-order valence-electron chi connectivity index (χ1n) is 7.12. The maximum Gasteiger partial charge on any atom is 0.306 e. The van der Waals surface area contributed by atoms with Gasteiger partial charge in [0.1, 0.15) is 0 Å². The van der Waals surface area contributed by atoms with Crippen molar-refractivity contribution in [3.63, 3.8) is 0 Å².